The minimum Gasteiger partial charge on any atom is -0.477 e. The summed E-state index contributed by atoms with van der Waals surface area (Å²) in [7, 11) is 3.00. The maximum atomic E-state index is 12.2. The average Bonchev–Trinajstić information content (AvgIpc) is 3.10. The van der Waals surface area contributed by atoms with Gasteiger partial charge in [0.1, 0.15) is 11.4 Å². The molecule has 2 heterocycles. The number of amides is 3. The zero-order chi connectivity index (χ0) is 36.9. The molecule has 4 aromatic rings. The van der Waals surface area contributed by atoms with Crippen molar-refractivity contribution >= 4 is 69.7 Å². The predicted octanol–water partition coefficient (Wildman–Crippen LogP) is 6.67. The molecule has 6 rings (SSSR count). The zero-order valence-corrected chi connectivity index (χ0v) is 29.7. The van der Waals surface area contributed by atoms with Crippen molar-refractivity contribution in [2.75, 3.05) is 25.1 Å². The molecular formula is C38H38Cl2N6O5. The van der Waals surface area contributed by atoms with Crippen molar-refractivity contribution in [1.82, 2.24) is 10.0 Å². The molecule has 3 amide bonds. The molecule has 0 radical (unpaired) electrons. The molecule has 0 saturated carbocycles. The van der Waals surface area contributed by atoms with Gasteiger partial charge in [0.25, 0.3) is 5.91 Å². The molecule has 4 N–H and O–H groups in total. The first-order chi connectivity index (χ1) is 24.4. The largest absolute Gasteiger partial charge is 0.477 e. The number of hydrogen-bond donors (Lipinski definition) is 3. The van der Waals surface area contributed by atoms with Gasteiger partial charge in [0, 0.05) is 61.2 Å². The predicted molar refractivity (Wildman–Crippen MR) is 201 cm³/mol. The van der Waals surface area contributed by atoms with Gasteiger partial charge in [-0.05, 0) is 83.6 Å². The van der Waals surface area contributed by atoms with E-state index in [1.165, 1.54) is 23.2 Å². The van der Waals surface area contributed by atoms with Gasteiger partial charge in [0.2, 0.25) is 11.8 Å². The smallest absolute Gasteiger partial charge is 0.352 e. The van der Waals surface area contributed by atoms with Crippen LogP contribution in [0.2, 0.25) is 10.0 Å². The van der Waals surface area contributed by atoms with Crippen molar-refractivity contribution in [3.63, 3.8) is 0 Å². The maximum Gasteiger partial charge on any atom is 0.352 e. The molecule has 264 valence electrons. The lowest BCUT2D eigenvalue weighted by Gasteiger charge is -2.18. The summed E-state index contributed by atoms with van der Waals surface area (Å²) in [5.74, 6) is -1.55. The fourth-order valence-corrected chi connectivity index (χ4v) is 5.39. The number of carboxylic acids is 1. The van der Waals surface area contributed by atoms with Crippen LogP contribution in [-0.2, 0) is 32.0 Å². The molecule has 13 heteroatoms. The van der Waals surface area contributed by atoms with Crippen molar-refractivity contribution < 1.29 is 24.3 Å². The summed E-state index contributed by atoms with van der Waals surface area (Å²) >= 11 is 11.9. The fraction of sp³-hybridized carbons (Fsp3) is 0.211. The van der Waals surface area contributed by atoms with Crippen molar-refractivity contribution in [2.45, 2.75) is 38.5 Å². The highest BCUT2D eigenvalue weighted by molar-refractivity contribution is 6.43. The summed E-state index contributed by atoms with van der Waals surface area (Å²) in [6, 6.07) is 31.2. The third-order valence-electron chi connectivity index (χ3n) is 7.71. The number of nitrogens with one attached hydrogen (secondary N) is 1. The number of carbonyl (C=O) groups excluding carboxylic acids is 3. The van der Waals surface area contributed by atoms with E-state index in [-0.39, 0.29) is 36.3 Å². The van der Waals surface area contributed by atoms with E-state index in [1.54, 1.807) is 7.05 Å². The van der Waals surface area contributed by atoms with Gasteiger partial charge in [0.05, 0.1) is 0 Å². The lowest BCUT2D eigenvalue weighted by molar-refractivity contribution is -0.132. The molecule has 2 aliphatic rings. The molecule has 4 aromatic carbocycles. The summed E-state index contributed by atoms with van der Waals surface area (Å²) in [5, 5.41) is 22.7. The second kappa shape index (κ2) is 18.5. The van der Waals surface area contributed by atoms with Crippen LogP contribution in [0.25, 0.3) is 0 Å². The highest BCUT2D eigenvalue weighted by Gasteiger charge is 2.22. The van der Waals surface area contributed by atoms with Gasteiger partial charge in [-0.15, -0.1) is 0 Å². The van der Waals surface area contributed by atoms with Crippen LogP contribution in [0.1, 0.15) is 47.9 Å². The lowest BCUT2D eigenvalue weighted by atomic mass is 10.0. The molecule has 0 aliphatic carbocycles. The normalized spacial score (nSPS) is 13.9. The van der Waals surface area contributed by atoms with Gasteiger partial charge < -0.3 is 16.2 Å². The number of aliphatic carboxylic acids is 1. The number of carboxylic acid groups (broad SMARTS) is 1. The van der Waals surface area contributed by atoms with Crippen molar-refractivity contribution in [3.8, 4) is 0 Å². The van der Waals surface area contributed by atoms with E-state index in [0.29, 0.717) is 24.2 Å². The monoisotopic (exact) mass is 728 g/mol. The number of carbonyl (C=O) groups is 4. The van der Waals surface area contributed by atoms with Crippen LogP contribution in [0.15, 0.2) is 107 Å². The van der Waals surface area contributed by atoms with E-state index in [1.807, 2.05) is 91.0 Å². The Labute approximate surface area is 306 Å². The van der Waals surface area contributed by atoms with E-state index in [9.17, 15) is 19.2 Å². The highest BCUT2D eigenvalue weighted by atomic mass is 35.5. The van der Waals surface area contributed by atoms with E-state index in [0.717, 1.165) is 44.7 Å². The number of nitrogen functional groups attached to an aromatic ring is 1. The van der Waals surface area contributed by atoms with E-state index < -0.39 is 5.97 Å². The first-order valence-electron chi connectivity index (χ1n) is 16.0. The number of benzene rings is 4. The SMILES string of the molecule is CN1N=C(C(=O)Nc2ccc(Cc3cccc(Cl)c3)cc2)CCC1=O.CN1N=C(C(=O)O)CCC1=O.Nc1ccc(Cc2cccc(Cl)c2)cc1. The Hall–Kier alpha value is -5.52. The van der Waals surface area contributed by atoms with Crippen molar-refractivity contribution in [1.29, 1.82) is 0 Å². The van der Waals surface area contributed by atoms with Crippen LogP contribution in [0.4, 0.5) is 11.4 Å². The highest BCUT2D eigenvalue weighted by Crippen LogP contribution is 2.18. The molecule has 0 atom stereocenters. The molecule has 0 bridgehead atoms. The minimum atomic E-state index is -1.05. The first kappa shape index (κ1) is 38.3. The summed E-state index contributed by atoms with van der Waals surface area (Å²) in [4.78, 5) is 44.8. The molecule has 0 unspecified atom stereocenters. The van der Waals surface area contributed by atoms with Crippen molar-refractivity contribution in [3.05, 3.63) is 129 Å². The Balaban J connectivity index is 0.000000190. The standard InChI is InChI=1S/C19H18ClN3O2.C13H12ClN.C6H8N2O3/c1-23-18(24)10-9-17(22-23)19(25)21-16-7-5-13(6-8-16)11-14-3-2-4-15(20)12-14;14-12-3-1-2-11(9-12)8-10-4-6-13(15)7-5-10;1-8-5(9)3-2-4(7-8)6(10)11/h2-8,12H,9-11H2,1H3,(H,21,25);1-7,9H,8,15H2;2-3H2,1H3,(H,10,11). The molecule has 51 heavy (non-hydrogen) atoms. The topological polar surface area (TPSA) is 158 Å². The van der Waals surface area contributed by atoms with Crippen LogP contribution in [0.5, 0.6) is 0 Å². The number of nitrogens with zero attached hydrogens (tertiary/aromatic N) is 4. The quantitative estimate of drug-likeness (QED) is 0.180. The van der Waals surface area contributed by atoms with Gasteiger partial charge in [-0.2, -0.15) is 10.2 Å². The number of halogens is 2. The van der Waals surface area contributed by atoms with Crippen LogP contribution in [0, 0.1) is 0 Å². The summed E-state index contributed by atoms with van der Waals surface area (Å²) in [5.41, 5.74) is 12.2. The Morgan fingerprint density at radius 1 is 0.686 bits per heavy atom. The molecule has 2 aliphatic heterocycles. The number of rotatable bonds is 7. The number of nitrogens with two attached hydrogens (primary N) is 1. The molecule has 0 aromatic heterocycles. The summed E-state index contributed by atoms with van der Waals surface area (Å²) in [6.07, 6.45) is 2.80. The Bertz CT molecular complexity index is 1930. The van der Waals surface area contributed by atoms with Crippen LogP contribution in [0.3, 0.4) is 0 Å². The van der Waals surface area contributed by atoms with Crippen LogP contribution in [-0.4, -0.2) is 64.3 Å². The van der Waals surface area contributed by atoms with Gasteiger partial charge >= 0.3 is 5.97 Å². The second-order valence-electron chi connectivity index (χ2n) is 11.7. The van der Waals surface area contributed by atoms with Crippen molar-refractivity contribution in [2.24, 2.45) is 10.2 Å². The zero-order valence-electron chi connectivity index (χ0n) is 28.2. The fourth-order valence-electron chi connectivity index (χ4n) is 4.97. The van der Waals surface area contributed by atoms with E-state index in [4.69, 9.17) is 34.0 Å². The van der Waals surface area contributed by atoms with Gasteiger partial charge in [-0.1, -0.05) is 71.7 Å². The molecule has 0 spiro atoms. The third-order valence-corrected chi connectivity index (χ3v) is 8.18. The summed E-state index contributed by atoms with van der Waals surface area (Å²) in [6.45, 7) is 0. The number of hydrazone groups is 2. The molecular weight excluding hydrogens is 691 g/mol. The maximum absolute atomic E-state index is 12.2. The molecule has 0 saturated heterocycles. The lowest BCUT2D eigenvalue weighted by Crippen LogP contribution is -2.34. The Kier molecular flexibility index (Phi) is 13.9. The number of hydrogen-bond acceptors (Lipinski definition) is 7. The first-order valence-corrected chi connectivity index (χ1v) is 16.8. The Morgan fingerprint density at radius 2 is 1.14 bits per heavy atom. The van der Waals surface area contributed by atoms with E-state index in [2.05, 4.69) is 21.6 Å². The minimum absolute atomic E-state index is 0.0482. The average molecular weight is 730 g/mol. The van der Waals surface area contributed by atoms with Gasteiger partial charge in [-0.25, -0.2) is 14.8 Å². The summed E-state index contributed by atoms with van der Waals surface area (Å²) < 4.78 is 0. The molecule has 0 fully saturated rings. The van der Waals surface area contributed by atoms with E-state index >= 15 is 0 Å². The number of anilines is 2. The van der Waals surface area contributed by atoms with Gasteiger partial charge in [-0.3, -0.25) is 14.4 Å². The molecule has 11 nitrogen and oxygen atoms in total. The van der Waals surface area contributed by atoms with Crippen LogP contribution < -0.4 is 11.1 Å². The van der Waals surface area contributed by atoms with Gasteiger partial charge in [0.15, 0.2) is 0 Å². The van der Waals surface area contributed by atoms with Crippen LogP contribution >= 0.6 is 23.2 Å². The Morgan fingerprint density at radius 3 is 1.59 bits per heavy atom. The second-order valence-corrected chi connectivity index (χ2v) is 12.6. The third kappa shape index (κ3) is 12.4.